The van der Waals surface area contributed by atoms with Gasteiger partial charge in [-0.05, 0) is 68.5 Å². The van der Waals surface area contributed by atoms with Gasteiger partial charge in [0.2, 0.25) is 5.95 Å². The fourth-order valence-electron chi connectivity index (χ4n) is 3.65. The summed E-state index contributed by atoms with van der Waals surface area (Å²) < 4.78 is 1.67. The molecule has 1 aliphatic heterocycles. The van der Waals surface area contributed by atoms with E-state index in [2.05, 4.69) is 26.8 Å². The molecule has 0 bridgehead atoms. The summed E-state index contributed by atoms with van der Waals surface area (Å²) >= 11 is 0. The lowest BCUT2D eigenvalue weighted by Gasteiger charge is -2.19. The normalized spacial score (nSPS) is 17.7. The molecule has 4 rings (SSSR count). The van der Waals surface area contributed by atoms with Crippen LogP contribution in [0.3, 0.4) is 0 Å². The van der Waals surface area contributed by atoms with E-state index in [-0.39, 0.29) is 5.91 Å². The minimum absolute atomic E-state index is 0.114. The zero-order chi connectivity index (χ0) is 16.5. The highest BCUT2D eigenvalue weighted by atomic mass is 16.1. The highest BCUT2D eigenvalue weighted by Gasteiger charge is 2.22. The lowest BCUT2D eigenvalue weighted by atomic mass is 9.98. The van der Waals surface area contributed by atoms with E-state index in [0.29, 0.717) is 17.4 Å². The summed E-state index contributed by atoms with van der Waals surface area (Å²) in [6.45, 7) is 2.00. The smallest absolute Gasteiger partial charge is 0.258 e. The number of fused-ring (bicyclic) bond motifs is 1. The summed E-state index contributed by atoms with van der Waals surface area (Å²) in [4.78, 5) is 17.1. The summed E-state index contributed by atoms with van der Waals surface area (Å²) in [7, 11) is 1.83. The number of aryl methyl sites for hydroxylation is 3. The highest BCUT2D eigenvalue weighted by Crippen LogP contribution is 2.25. The number of carbonyl (C=O) groups excluding carboxylic acids is 1. The van der Waals surface area contributed by atoms with E-state index in [0.717, 1.165) is 44.6 Å². The molecule has 2 N–H and O–H groups in total. The van der Waals surface area contributed by atoms with Gasteiger partial charge in [0.1, 0.15) is 0 Å². The number of nitrogens with zero attached hydrogens (tertiary/aromatic N) is 3. The maximum Gasteiger partial charge on any atom is 0.258 e. The SMILES string of the molecule is Cn1nc(C2CCNCC2)nc1NC(=O)c1ccc2c(c1)CCC2. The molecule has 1 saturated heterocycles. The summed E-state index contributed by atoms with van der Waals surface area (Å²) in [5, 5.41) is 10.8. The van der Waals surface area contributed by atoms with Crippen LogP contribution < -0.4 is 10.6 Å². The molecule has 1 fully saturated rings. The number of hydrogen-bond acceptors (Lipinski definition) is 4. The number of aromatic nitrogens is 3. The van der Waals surface area contributed by atoms with Crippen molar-refractivity contribution < 1.29 is 4.79 Å². The third kappa shape index (κ3) is 2.94. The molecule has 2 aromatic rings. The van der Waals surface area contributed by atoms with Gasteiger partial charge in [-0.15, -0.1) is 0 Å². The molecule has 6 heteroatoms. The Balaban J connectivity index is 1.50. The topological polar surface area (TPSA) is 71.8 Å². The lowest BCUT2D eigenvalue weighted by molar-refractivity contribution is 0.102. The molecule has 0 saturated carbocycles. The van der Waals surface area contributed by atoms with Crippen LogP contribution in [0.1, 0.15) is 52.5 Å². The monoisotopic (exact) mass is 325 g/mol. The number of hydrogen-bond donors (Lipinski definition) is 2. The van der Waals surface area contributed by atoms with Gasteiger partial charge < -0.3 is 5.32 Å². The second kappa shape index (κ2) is 6.36. The van der Waals surface area contributed by atoms with Gasteiger partial charge in [-0.1, -0.05) is 6.07 Å². The Hall–Kier alpha value is -2.21. The Morgan fingerprint density at radius 2 is 2.04 bits per heavy atom. The Labute approximate surface area is 141 Å². The Bertz CT molecular complexity index is 761. The van der Waals surface area contributed by atoms with Crippen molar-refractivity contribution in [2.45, 2.75) is 38.0 Å². The lowest BCUT2D eigenvalue weighted by Crippen LogP contribution is -2.27. The first-order chi connectivity index (χ1) is 11.7. The number of amides is 1. The molecule has 24 heavy (non-hydrogen) atoms. The van der Waals surface area contributed by atoms with Crippen molar-refractivity contribution in [3.63, 3.8) is 0 Å². The van der Waals surface area contributed by atoms with Crippen molar-refractivity contribution in [2.75, 3.05) is 18.4 Å². The molecule has 0 radical (unpaired) electrons. The zero-order valence-corrected chi connectivity index (χ0v) is 14.0. The maximum atomic E-state index is 12.5. The van der Waals surface area contributed by atoms with Crippen LogP contribution in [0.5, 0.6) is 0 Å². The predicted molar refractivity (Wildman–Crippen MR) is 92.3 cm³/mol. The molecule has 1 aliphatic carbocycles. The fraction of sp³-hybridized carbons (Fsp3) is 0.500. The van der Waals surface area contributed by atoms with E-state index in [1.165, 1.54) is 17.5 Å². The second-order valence-electron chi connectivity index (χ2n) is 6.73. The molecule has 1 aromatic carbocycles. The minimum atomic E-state index is -0.114. The minimum Gasteiger partial charge on any atom is -0.317 e. The fourth-order valence-corrected chi connectivity index (χ4v) is 3.65. The Morgan fingerprint density at radius 1 is 1.25 bits per heavy atom. The molecule has 1 amide bonds. The van der Waals surface area contributed by atoms with Gasteiger partial charge in [-0.2, -0.15) is 10.1 Å². The first-order valence-electron chi connectivity index (χ1n) is 8.75. The second-order valence-corrected chi connectivity index (χ2v) is 6.73. The van der Waals surface area contributed by atoms with Crippen LogP contribution in [0.4, 0.5) is 5.95 Å². The van der Waals surface area contributed by atoms with Gasteiger partial charge in [-0.25, -0.2) is 4.68 Å². The molecular weight excluding hydrogens is 302 g/mol. The Morgan fingerprint density at radius 3 is 2.88 bits per heavy atom. The van der Waals surface area contributed by atoms with Gasteiger partial charge in [0, 0.05) is 18.5 Å². The van der Waals surface area contributed by atoms with Crippen LogP contribution in [0.25, 0.3) is 0 Å². The molecule has 0 unspecified atom stereocenters. The number of rotatable bonds is 3. The van der Waals surface area contributed by atoms with Crippen LogP contribution in [0, 0.1) is 0 Å². The average molecular weight is 325 g/mol. The van der Waals surface area contributed by atoms with E-state index in [4.69, 9.17) is 0 Å². The highest BCUT2D eigenvalue weighted by molar-refractivity contribution is 6.03. The summed E-state index contributed by atoms with van der Waals surface area (Å²) in [6, 6.07) is 6.00. The van der Waals surface area contributed by atoms with Crippen molar-refractivity contribution in [1.82, 2.24) is 20.1 Å². The van der Waals surface area contributed by atoms with Crippen LogP contribution in [-0.4, -0.2) is 33.8 Å². The number of carbonyl (C=O) groups is 1. The van der Waals surface area contributed by atoms with Crippen molar-refractivity contribution >= 4 is 11.9 Å². The van der Waals surface area contributed by atoms with Gasteiger partial charge in [-0.3, -0.25) is 10.1 Å². The predicted octanol–water partition coefficient (Wildman–Crippen LogP) is 2.02. The van der Waals surface area contributed by atoms with E-state index in [1.807, 2.05) is 19.2 Å². The van der Waals surface area contributed by atoms with Crippen molar-refractivity contribution in [3.05, 3.63) is 40.7 Å². The number of benzene rings is 1. The van der Waals surface area contributed by atoms with Gasteiger partial charge in [0.05, 0.1) is 0 Å². The quantitative estimate of drug-likeness (QED) is 0.906. The number of piperidine rings is 1. The maximum absolute atomic E-state index is 12.5. The summed E-state index contributed by atoms with van der Waals surface area (Å²) in [6.07, 6.45) is 5.47. The van der Waals surface area contributed by atoms with Gasteiger partial charge in [0.15, 0.2) is 5.82 Å². The molecule has 126 valence electrons. The van der Waals surface area contributed by atoms with Crippen molar-refractivity contribution in [2.24, 2.45) is 7.05 Å². The van der Waals surface area contributed by atoms with E-state index in [9.17, 15) is 4.79 Å². The third-order valence-electron chi connectivity index (χ3n) is 5.07. The zero-order valence-electron chi connectivity index (χ0n) is 14.0. The first-order valence-corrected chi connectivity index (χ1v) is 8.75. The summed E-state index contributed by atoms with van der Waals surface area (Å²) in [5.41, 5.74) is 3.37. The Kier molecular flexibility index (Phi) is 4.06. The van der Waals surface area contributed by atoms with E-state index in [1.54, 1.807) is 4.68 Å². The molecule has 2 heterocycles. The molecule has 0 atom stereocenters. The third-order valence-corrected chi connectivity index (χ3v) is 5.07. The largest absolute Gasteiger partial charge is 0.317 e. The van der Waals surface area contributed by atoms with Crippen LogP contribution in [0.15, 0.2) is 18.2 Å². The van der Waals surface area contributed by atoms with Crippen molar-refractivity contribution in [1.29, 1.82) is 0 Å². The average Bonchev–Trinajstić information content (AvgIpc) is 3.22. The van der Waals surface area contributed by atoms with Gasteiger partial charge >= 0.3 is 0 Å². The number of anilines is 1. The molecule has 2 aliphatic rings. The van der Waals surface area contributed by atoms with Crippen LogP contribution in [0.2, 0.25) is 0 Å². The van der Waals surface area contributed by atoms with E-state index < -0.39 is 0 Å². The summed E-state index contributed by atoms with van der Waals surface area (Å²) in [5.74, 6) is 1.62. The van der Waals surface area contributed by atoms with E-state index >= 15 is 0 Å². The molecule has 0 spiro atoms. The molecule has 1 aromatic heterocycles. The molecule has 6 nitrogen and oxygen atoms in total. The van der Waals surface area contributed by atoms with Gasteiger partial charge in [0.25, 0.3) is 5.91 Å². The molecular formula is C18H23N5O. The first kappa shape index (κ1) is 15.3. The van der Waals surface area contributed by atoms with Crippen LogP contribution >= 0.6 is 0 Å². The van der Waals surface area contributed by atoms with Crippen molar-refractivity contribution in [3.8, 4) is 0 Å². The standard InChI is InChI=1S/C18H23N5O/c1-23-18(20-16(22-23)13-7-9-19-10-8-13)21-17(24)15-6-5-12-3-2-4-14(12)11-15/h5-6,11,13,19H,2-4,7-10H2,1H3,(H,20,21,22,24). The number of nitrogens with one attached hydrogen (secondary N) is 2. The van der Waals surface area contributed by atoms with Crippen LogP contribution in [-0.2, 0) is 19.9 Å².